The maximum absolute atomic E-state index is 14.9. The highest BCUT2D eigenvalue weighted by Crippen LogP contribution is 2.35. The zero-order chi connectivity index (χ0) is 28.7. The maximum atomic E-state index is 14.9. The van der Waals surface area contributed by atoms with E-state index in [2.05, 4.69) is 25.6 Å². The van der Waals surface area contributed by atoms with E-state index in [0.717, 1.165) is 35.0 Å². The van der Waals surface area contributed by atoms with Crippen LogP contribution in [-0.4, -0.2) is 48.9 Å². The largest absolute Gasteiger partial charge is 0.419 e. The Morgan fingerprint density at radius 1 is 1.10 bits per heavy atom. The molecule has 8 nitrogen and oxygen atoms in total. The molecule has 2 aromatic carbocycles. The first kappa shape index (κ1) is 26.6. The van der Waals surface area contributed by atoms with Crippen molar-refractivity contribution in [3.05, 3.63) is 89.1 Å². The third kappa shape index (κ3) is 5.42. The van der Waals surface area contributed by atoms with E-state index in [0.29, 0.717) is 30.5 Å². The number of fused-ring (bicyclic) bond motifs is 1. The minimum atomic E-state index is -4.91. The molecule has 1 amide bonds. The summed E-state index contributed by atoms with van der Waals surface area (Å²) in [6.45, 7) is 3.25. The van der Waals surface area contributed by atoms with Gasteiger partial charge < -0.3 is 10.3 Å². The van der Waals surface area contributed by atoms with Crippen molar-refractivity contribution in [2.75, 3.05) is 18.4 Å². The van der Waals surface area contributed by atoms with Crippen LogP contribution in [0.5, 0.6) is 0 Å². The summed E-state index contributed by atoms with van der Waals surface area (Å²) in [6.07, 6.45) is 2.09. The number of hydrogen-bond acceptors (Lipinski definition) is 5. The molecule has 12 heteroatoms. The van der Waals surface area contributed by atoms with Gasteiger partial charge in [-0.05, 0) is 74.8 Å². The Labute approximate surface area is 232 Å². The Morgan fingerprint density at radius 3 is 2.68 bits per heavy atom. The van der Waals surface area contributed by atoms with E-state index < -0.39 is 23.5 Å². The summed E-state index contributed by atoms with van der Waals surface area (Å²) >= 11 is 0. The van der Waals surface area contributed by atoms with Gasteiger partial charge in [0.1, 0.15) is 17.2 Å². The Morgan fingerprint density at radius 2 is 1.90 bits per heavy atom. The minimum absolute atomic E-state index is 0.0362. The smallest absolute Gasteiger partial charge is 0.346 e. The Kier molecular flexibility index (Phi) is 6.78. The Balaban J connectivity index is 1.27. The molecule has 210 valence electrons. The highest BCUT2D eigenvalue weighted by Gasteiger charge is 2.36. The summed E-state index contributed by atoms with van der Waals surface area (Å²) in [5.74, 6) is -1.95. The van der Waals surface area contributed by atoms with Crippen molar-refractivity contribution in [2.45, 2.75) is 32.5 Å². The van der Waals surface area contributed by atoms with Crippen LogP contribution < -0.4 is 5.32 Å². The first-order chi connectivity index (χ1) is 19.7. The van der Waals surface area contributed by atoms with Gasteiger partial charge in [0.15, 0.2) is 0 Å². The first-order valence-corrected chi connectivity index (χ1v) is 13.1. The average Bonchev–Trinajstić information content (AvgIpc) is 3.72. The van der Waals surface area contributed by atoms with Crippen LogP contribution >= 0.6 is 0 Å². The summed E-state index contributed by atoms with van der Waals surface area (Å²) in [7, 11) is 0. The van der Waals surface area contributed by atoms with Gasteiger partial charge in [0, 0.05) is 46.7 Å². The van der Waals surface area contributed by atoms with Crippen LogP contribution in [0.4, 0.5) is 23.2 Å². The molecule has 3 aromatic heterocycles. The SMILES string of the molecule is Cc1ccc(C(=O)Nc2cc(CN3CCCC3)c(F)c(C(F)(F)F)c2)cc1-n1cc(-c2cnc3[nH]ccc3c2)nn1. The van der Waals surface area contributed by atoms with E-state index in [-0.39, 0.29) is 23.4 Å². The second-order valence-electron chi connectivity index (χ2n) is 10.1. The fourth-order valence-electron chi connectivity index (χ4n) is 5.05. The monoisotopic (exact) mass is 563 g/mol. The molecule has 1 aliphatic rings. The highest BCUT2D eigenvalue weighted by atomic mass is 19.4. The molecule has 0 radical (unpaired) electrons. The predicted molar refractivity (Wildman–Crippen MR) is 145 cm³/mol. The number of nitrogens with one attached hydrogen (secondary N) is 2. The quantitative estimate of drug-likeness (QED) is 0.243. The molecule has 1 fully saturated rings. The van der Waals surface area contributed by atoms with Gasteiger partial charge in [0.2, 0.25) is 0 Å². The second kappa shape index (κ2) is 10.4. The van der Waals surface area contributed by atoms with Crippen LogP contribution in [0.2, 0.25) is 0 Å². The van der Waals surface area contributed by atoms with Gasteiger partial charge in [-0.15, -0.1) is 5.10 Å². The number of aryl methyl sites for hydroxylation is 1. The van der Waals surface area contributed by atoms with Crippen molar-refractivity contribution in [3.8, 4) is 16.9 Å². The molecule has 0 atom stereocenters. The molecular formula is C29H25F4N7O. The molecule has 6 rings (SSSR count). The fourth-order valence-corrected chi connectivity index (χ4v) is 5.05. The van der Waals surface area contributed by atoms with Crippen molar-refractivity contribution < 1.29 is 22.4 Å². The lowest BCUT2D eigenvalue weighted by molar-refractivity contribution is -0.140. The van der Waals surface area contributed by atoms with Crippen molar-refractivity contribution in [2.24, 2.45) is 0 Å². The number of likely N-dealkylation sites (tertiary alicyclic amines) is 1. The van der Waals surface area contributed by atoms with Crippen LogP contribution in [0.25, 0.3) is 28.0 Å². The highest BCUT2D eigenvalue weighted by molar-refractivity contribution is 6.04. The predicted octanol–water partition coefficient (Wildman–Crippen LogP) is 6.13. The number of nitrogens with zero attached hydrogens (tertiary/aromatic N) is 5. The van der Waals surface area contributed by atoms with Crippen molar-refractivity contribution in [1.29, 1.82) is 0 Å². The molecule has 0 aliphatic carbocycles. The molecule has 0 bridgehead atoms. The molecule has 2 N–H and O–H groups in total. The number of aromatic amines is 1. The van der Waals surface area contributed by atoms with Gasteiger partial charge in [-0.25, -0.2) is 14.1 Å². The van der Waals surface area contributed by atoms with E-state index in [9.17, 15) is 22.4 Å². The van der Waals surface area contributed by atoms with Crippen LogP contribution in [0.3, 0.4) is 0 Å². The zero-order valence-corrected chi connectivity index (χ0v) is 22.0. The van der Waals surface area contributed by atoms with Gasteiger partial charge in [-0.1, -0.05) is 11.3 Å². The third-order valence-corrected chi connectivity index (χ3v) is 7.21. The fraction of sp³-hybridized carbons (Fsp3) is 0.241. The number of carbonyl (C=O) groups is 1. The molecular weight excluding hydrogens is 538 g/mol. The number of carbonyl (C=O) groups excluding carboxylic acids is 1. The standard InChI is InChI=1S/C29H25F4N7O/c1-17-4-5-19(12-25(17)40-16-24(37-38-40)20-10-18-6-7-34-27(18)35-14-20)28(41)36-22-11-21(15-39-8-2-3-9-39)26(30)23(13-22)29(31,32)33/h4-7,10-14,16H,2-3,8-9,15H2,1H3,(H,34,35)(H,36,41). The number of benzene rings is 2. The molecule has 0 spiro atoms. The van der Waals surface area contributed by atoms with Crippen LogP contribution in [0.15, 0.2) is 61.1 Å². The van der Waals surface area contributed by atoms with Crippen LogP contribution in [-0.2, 0) is 12.7 Å². The van der Waals surface area contributed by atoms with E-state index >= 15 is 0 Å². The maximum Gasteiger partial charge on any atom is 0.419 e. The lowest BCUT2D eigenvalue weighted by Gasteiger charge is -2.19. The molecule has 4 heterocycles. The summed E-state index contributed by atoms with van der Waals surface area (Å²) in [5.41, 5.74) is 2.00. The number of H-pyrrole nitrogens is 1. The lowest BCUT2D eigenvalue weighted by atomic mass is 10.1. The minimum Gasteiger partial charge on any atom is -0.346 e. The number of anilines is 1. The van der Waals surface area contributed by atoms with E-state index in [4.69, 9.17) is 0 Å². The number of amides is 1. The summed E-state index contributed by atoms with van der Waals surface area (Å²) in [5, 5.41) is 11.9. The summed E-state index contributed by atoms with van der Waals surface area (Å²) < 4.78 is 57.4. The zero-order valence-electron chi connectivity index (χ0n) is 22.0. The number of hydrogen-bond donors (Lipinski definition) is 2. The number of rotatable bonds is 6. The summed E-state index contributed by atoms with van der Waals surface area (Å²) in [4.78, 5) is 22.5. The van der Waals surface area contributed by atoms with Crippen molar-refractivity contribution in [1.82, 2.24) is 29.9 Å². The van der Waals surface area contributed by atoms with Crippen LogP contribution in [0, 0.1) is 12.7 Å². The van der Waals surface area contributed by atoms with Gasteiger partial charge in [0.25, 0.3) is 5.91 Å². The van der Waals surface area contributed by atoms with E-state index in [1.165, 1.54) is 10.7 Å². The average molecular weight is 564 g/mol. The second-order valence-corrected chi connectivity index (χ2v) is 10.1. The molecule has 5 aromatic rings. The van der Waals surface area contributed by atoms with Crippen LogP contribution in [0.1, 0.15) is 39.9 Å². The molecule has 0 unspecified atom stereocenters. The van der Waals surface area contributed by atoms with E-state index in [1.54, 1.807) is 36.8 Å². The molecule has 1 aliphatic heterocycles. The Hall–Kier alpha value is -4.58. The topological polar surface area (TPSA) is 91.7 Å². The molecule has 41 heavy (non-hydrogen) atoms. The normalized spacial score (nSPS) is 14.2. The van der Waals surface area contributed by atoms with Crippen molar-refractivity contribution in [3.63, 3.8) is 0 Å². The number of halogens is 4. The van der Waals surface area contributed by atoms with Gasteiger partial charge in [-0.2, -0.15) is 13.2 Å². The van der Waals surface area contributed by atoms with Gasteiger partial charge in [-0.3, -0.25) is 9.69 Å². The number of alkyl halides is 3. The third-order valence-electron chi connectivity index (χ3n) is 7.21. The molecule has 1 saturated heterocycles. The Bertz CT molecular complexity index is 1750. The van der Waals surface area contributed by atoms with Gasteiger partial charge in [0.05, 0.1) is 17.4 Å². The lowest BCUT2D eigenvalue weighted by Crippen LogP contribution is -2.21. The first-order valence-electron chi connectivity index (χ1n) is 13.1. The number of pyridine rings is 1. The number of aromatic nitrogens is 5. The van der Waals surface area contributed by atoms with Gasteiger partial charge >= 0.3 is 6.18 Å². The summed E-state index contributed by atoms with van der Waals surface area (Å²) in [6, 6.07) is 10.6. The van der Waals surface area contributed by atoms with E-state index in [1.807, 2.05) is 24.0 Å². The van der Waals surface area contributed by atoms with Crippen molar-refractivity contribution >= 4 is 22.6 Å². The molecule has 0 saturated carbocycles.